The molecule has 2 atom stereocenters. The molecule has 0 spiro atoms. The third-order valence-corrected chi connectivity index (χ3v) is 3.41. The number of benzene rings is 1. The van der Waals surface area contributed by atoms with E-state index in [1.165, 1.54) is 0 Å². The fraction of sp³-hybridized carbons (Fsp3) is 0.500. The van der Waals surface area contributed by atoms with E-state index in [0.717, 1.165) is 29.3 Å². The minimum atomic E-state index is -0.403. The third-order valence-electron chi connectivity index (χ3n) is 2.91. The summed E-state index contributed by atoms with van der Waals surface area (Å²) in [6.45, 7) is 4.06. The summed E-state index contributed by atoms with van der Waals surface area (Å²) in [5, 5.41) is 2.95. The number of amides is 1. The monoisotopic (exact) mass is 312 g/mol. The Morgan fingerprint density at radius 3 is 2.83 bits per heavy atom. The van der Waals surface area contributed by atoms with E-state index in [0.29, 0.717) is 0 Å². The highest BCUT2D eigenvalue weighted by atomic mass is 79.9. The first-order valence-electron chi connectivity index (χ1n) is 6.36. The van der Waals surface area contributed by atoms with E-state index in [-0.39, 0.29) is 11.9 Å². The molecule has 18 heavy (non-hydrogen) atoms. The van der Waals surface area contributed by atoms with E-state index >= 15 is 0 Å². The van der Waals surface area contributed by atoms with Crippen LogP contribution >= 0.6 is 15.9 Å². The lowest BCUT2D eigenvalue weighted by Gasteiger charge is -2.18. The van der Waals surface area contributed by atoms with Crippen LogP contribution in [0.15, 0.2) is 28.7 Å². The van der Waals surface area contributed by atoms with Crippen LogP contribution in [-0.2, 0) is 4.79 Å². The summed E-state index contributed by atoms with van der Waals surface area (Å²) < 4.78 is 1.01. The molecule has 0 aromatic heterocycles. The van der Waals surface area contributed by atoms with Crippen molar-refractivity contribution in [2.45, 2.75) is 45.2 Å². The molecule has 0 aliphatic heterocycles. The smallest absolute Gasteiger partial charge is 0.237 e. The average Bonchev–Trinajstić information content (AvgIpc) is 2.35. The summed E-state index contributed by atoms with van der Waals surface area (Å²) in [5.41, 5.74) is 6.91. The lowest BCUT2D eigenvalue weighted by atomic mass is 10.1. The van der Waals surface area contributed by atoms with Crippen LogP contribution in [0.5, 0.6) is 0 Å². The first kappa shape index (κ1) is 15.2. The maximum atomic E-state index is 11.9. The second kappa shape index (κ2) is 7.54. The highest BCUT2D eigenvalue weighted by Gasteiger charge is 2.15. The minimum absolute atomic E-state index is 0.0253. The Bertz CT molecular complexity index is 395. The number of carbonyl (C=O) groups is 1. The fourth-order valence-electron chi connectivity index (χ4n) is 1.73. The number of nitrogens with one attached hydrogen (secondary N) is 1. The van der Waals surface area contributed by atoms with Gasteiger partial charge in [0, 0.05) is 4.47 Å². The van der Waals surface area contributed by atoms with Crippen molar-refractivity contribution in [3.05, 3.63) is 34.3 Å². The summed E-state index contributed by atoms with van der Waals surface area (Å²) in [5.74, 6) is -0.0732. The predicted molar refractivity (Wildman–Crippen MR) is 78.2 cm³/mol. The molecule has 3 nitrogen and oxygen atoms in total. The van der Waals surface area contributed by atoms with Crippen LogP contribution < -0.4 is 11.1 Å². The number of hydrogen-bond donors (Lipinski definition) is 2. The molecule has 2 unspecified atom stereocenters. The average molecular weight is 313 g/mol. The van der Waals surface area contributed by atoms with E-state index in [4.69, 9.17) is 5.73 Å². The van der Waals surface area contributed by atoms with Gasteiger partial charge in [0.1, 0.15) is 0 Å². The van der Waals surface area contributed by atoms with Crippen LogP contribution in [0.3, 0.4) is 0 Å². The minimum Gasteiger partial charge on any atom is -0.348 e. The normalized spacial score (nSPS) is 14.0. The Morgan fingerprint density at radius 2 is 2.22 bits per heavy atom. The van der Waals surface area contributed by atoms with Gasteiger partial charge in [0.15, 0.2) is 0 Å². The quantitative estimate of drug-likeness (QED) is 0.847. The van der Waals surface area contributed by atoms with E-state index < -0.39 is 6.04 Å². The van der Waals surface area contributed by atoms with Crippen molar-refractivity contribution in [2.75, 3.05) is 0 Å². The Hall–Kier alpha value is -0.870. The number of carbonyl (C=O) groups excluding carboxylic acids is 1. The van der Waals surface area contributed by atoms with Crippen molar-refractivity contribution in [2.24, 2.45) is 5.73 Å². The van der Waals surface area contributed by atoms with Gasteiger partial charge in [-0.3, -0.25) is 4.79 Å². The van der Waals surface area contributed by atoms with Gasteiger partial charge in [-0.2, -0.15) is 0 Å². The lowest BCUT2D eigenvalue weighted by Crippen LogP contribution is -2.41. The summed E-state index contributed by atoms with van der Waals surface area (Å²) in [6, 6.07) is 7.49. The number of unbranched alkanes of at least 4 members (excludes halogenated alkanes) is 1. The second-order valence-electron chi connectivity index (χ2n) is 4.53. The van der Waals surface area contributed by atoms with Crippen LogP contribution in [0, 0.1) is 0 Å². The van der Waals surface area contributed by atoms with E-state index in [9.17, 15) is 4.79 Å². The highest BCUT2D eigenvalue weighted by Crippen LogP contribution is 2.17. The number of halogens is 1. The van der Waals surface area contributed by atoms with Gasteiger partial charge in [-0.1, -0.05) is 47.8 Å². The topological polar surface area (TPSA) is 55.1 Å². The zero-order valence-corrected chi connectivity index (χ0v) is 12.5. The Balaban J connectivity index is 2.54. The summed E-state index contributed by atoms with van der Waals surface area (Å²) in [4.78, 5) is 11.9. The molecular weight excluding hydrogens is 292 g/mol. The molecular formula is C14H21BrN2O. The Kier molecular flexibility index (Phi) is 6.36. The molecule has 1 amide bonds. The van der Waals surface area contributed by atoms with Crippen molar-refractivity contribution in [3.8, 4) is 0 Å². The second-order valence-corrected chi connectivity index (χ2v) is 5.45. The predicted octanol–water partition coefficient (Wildman–Crippen LogP) is 3.14. The molecule has 0 saturated carbocycles. The number of nitrogens with two attached hydrogens (primary N) is 1. The standard InChI is InChI=1S/C14H21BrN2O/c1-3-4-8-13(16)14(18)17-10(2)11-6-5-7-12(15)9-11/h5-7,9-10,13H,3-4,8,16H2,1-2H3,(H,17,18). The van der Waals surface area contributed by atoms with Crippen LogP contribution in [0.25, 0.3) is 0 Å². The van der Waals surface area contributed by atoms with E-state index in [1.807, 2.05) is 31.2 Å². The Morgan fingerprint density at radius 1 is 1.50 bits per heavy atom. The van der Waals surface area contributed by atoms with Crippen molar-refractivity contribution < 1.29 is 4.79 Å². The van der Waals surface area contributed by atoms with Crippen LogP contribution in [-0.4, -0.2) is 11.9 Å². The van der Waals surface area contributed by atoms with E-state index in [2.05, 4.69) is 28.2 Å². The van der Waals surface area contributed by atoms with Crippen LogP contribution in [0.4, 0.5) is 0 Å². The molecule has 0 heterocycles. The number of hydrogen-bond acceptors (Lipinski definition) is 2. The maximum Gasteiger partial charge on any atom is 0.237 e. The SMILES string of the molecule is CCCCC(N)C(=O)NC(C)c1cccc(Br)c1. The van der Waals surface area contributed by atoms with Gasteiger partial charge in [-0.15, -0.1) is 0 Å². The summed E-state index contributed by atoms with van der Waals surface area (Å²) in [7, 11) is 0. The molecule has 4 heteroatoms. The van der Waals surface area contributed by atoms with Crippen molar-refractivity contribution in [3.63, 3.8) is 0 Å². The molecule has 0 radical (unpaired) electrons. The molecule has 0 saturated heterocycles. The van der Waals surface area contributed by atoms with Gasteiger partial charge in [0.25, 0.3) is 0 Å². The molecule has 0 aliphatic carbocycles. The van der Waals surface area contributed by atoms with Gasteiger partial charge >= 0.3 is 0 Å². The van der Waals surface area contributed by atoms with Gasteiger partial charge in [0.2, 0.25) is 5.91 Å². The molecule has 1 rings (SSSR count). The highest BCUT2D eigenvalue weighted by molar-refractivity contribution is 9.10. The zero-order valence-electron chi connectivity index (χ0n) is 10.9. The maximum absolute atomic E-state index is 11.9. The van der Waals surface area contributed by atoms with Gasteiger partial charge in [0.05, 0.1) is 12.1 Å². The lowest BCUT2D eigenvalue weighted by molar-refractivity contribution is -0.123. The molecule has 0 fully saturated rings. The van der Waals surface area contributed by atoms with Crippen LogP contribution in [0.2, 0.25) is 0 Å². The first-order chi connectivity index (χ1) is 8.54. The van der Waals surface area contributed by atoms with Gasteiger partial charge in [-0.05, 0) is 31.0 Å². The fourth-order valence-corrected chi connectivity index (χ4v) is 2.15. The third kappa shape index (κ3) is 4.78. The largest absolute Gasteiger partial charge is 0.348 e. The van der Waals surface area contributed by atoms with Gasteiger partial charge in [-0.25, -0.2) is 0 Å². The van der Waals surface area contributed by atoms with Crippen molar-refractivity contribution >= 4 is 21.8 Å². The molecule has 1 aromatic carbocycles. The molecule has 0 bridgehead atoms. The zero-order chi connectivity index (χ0) is 13.5. The first-order valence-corrected chi connectivity index (χ1v) is 7.15. The molecule has 3 N–H and O–H groups in total. The van der Waals surface area contributed by atoms with E-state index in [1.54, 1.807) is 0 Å². The van der Waals surface area contributed by atoms with Gasteiger partial charge < -0.3 is 11.1 Å². The summed E-state index contributed by atoms with van der Waals surface area (Å²) >= 11 is 3.42. The molecule has 100 valence electrons. The summed E-state index contributed by atoms with van der Waals surface area (Å²) in [6.07, 6.45) is 2.79. The van der Waals surface area contributed by atoms with Crippen LogP contribution in [0.1, 0.15) is 44.7 Å². The van der Waals surface area contributed by atoms with Crippen molar-refractivity contribution in [1.29, 1.82) is 0 Å². The molecule has 1 aromatic rings. The molecule has 0 aliphatic rings. The van der Waals surface area contributed by atoms with Crippen molar-refractivity contribution in [1.82, 2.24) is 5.32 Å². The number of rotatable bonds is 6. The Labute approximate surface area is 117 Å².